The number of nitriles is 1. The fraction of sp³-hybridized carbons (Fsp3) is 0.909. The fourth-order valence-electron chi connectivity index (χ4n) is 1.49. The number of hydrogen-bond donors (Lipinski definition) is 1. The minimum absolute atomic E-state index is 0.115. The Bertz CT molecular complexity index is 167. The van der Waals surface area contributed by atoms with Crippen LogP contribution < -0.4 is 5.32 Å². The first kappa shape index (κ1) is 10.5. The molecule has 0 heterocycles. The number of nitrogens with one attached hydrogen (secondary N) is 1. The van der Waals surface area contributed by atoms with E-state index in [1.165, 1.54) is 38.5 Å². The van der Waals surface area contributed by atoms with Gasteiger partial charge in [-0.25, -0.2) is 0 Å². The lowest BCUT2D eigenvalue weighted by atomic mass is 10.1. The van der Waals surface area contributed by atoms with Gasteiger partial charge < -0.3 is 0 Å². The molecule has 2 nitrogen and oxygen atoms in total. The third-order valence-electron chi connectivity index (χ3n) is 2.52. The Hall–Kier alpha value is -0.550. The van der Waals surface area contributed by atoms with Crippen molar-refractivity contribution in [3.05, 3.63) is 0 Å². The molecular formula is C11H20N2. The largest absolute Gasteiger partial charge is 0.299 e. The smallest absolute Gasteiger partial charge is 0.0955 e. The van der Waals surface area contributed by atoms with E-state index in [1.54, 1.807) is 0 Å². The Morgan fingerprint density at radius 3 is 2.69 bits per heavy atom. The molecule has 0 bridgehead atoms. The van der Waals surface area contributed by atoms with Crippen LogP contribution in [0.1, 0.15) is 51.9 Å². The van der Waals surface area contributed by atoms with E-state index in [4.69, 9.17) is 5.26 Å². The summed E-state index contributed by atoms with van der Waals surface area (Å²) in [5.41, 5.74) is 0. The minimum Gasteiger partial charge on any atom is -0.299 e. The molecule has 1 aliphatic carbocycles. The van der Waals surface area contributed by atoms with Gasteiger partial charge in [-0.1, -0.05) is 32.6 Å². The van der Waals surface area contributed by atoms with E-state index in [0.29, 0.717) is 6.04 Å². The van der Waals surface area contributed by atoms with Gasteiger partial charge in [-0.15, -0.1) is 0 Å². The number of nitrogens with zero attached hydrogens (tertiary/aromatic N) is 1. The molecule has 0 amide bonds. The Balaban J connectivity index is 1.99. The van der Waals surface area contributed by atoms with Crippen LogP contribution in [0.25, 0.3) is 0 Å². The van der Waals surface area contributed by atoms with Gasteiger partial charge in [0.25, 0.3) is 0 Å². The lowest BCUT2D eigenvalue weighted by Crippen LogP contribution is -2.29. The van der Waals surface area contributed by atoms with Crippen LogP contribution in [0, 0.1) is 11.3 Å². The maximum absolute atomic E-state index is 8.85. The molecule has 1 rings (SSSR count). The van der Waals surface area contributed by atoms with E-state index in [-0.39, 0.29) is 6.04 Å². The third-order valence-corrected chi connectivity index (χ3v) is 2.52. The molecular weight excluding hydrogens is 160 g/mol. The van der Waals surface area contributed by atoms with Crippen LogP contribution in [-0.4, -0.2) is 12.1 Å². The molecule has 0 aromatic carbocycles. The van der Waals surface area contributed by atoms with Crippen molar-refractivity contribution in [1.82, 2.24) is 5.32 Å². The normalized spacial score (nSPS) is 18.2. The molecule has 1 fully saturated rings. The van der Waals surface area contributed by atoms with Crippen molar-refractivity contribution in [2.24, 2.45) is 0 Å². The Labute approximate surface area is 81.3 Å². The topological polar surface area (TPSA) is 35.8 Å². The highest BCUT2D eigenvalue weighted by Crippen LogP contribution is 2.20. The van der Waals surface area contributed by atoms with Gasteiger partial charge in [-0.05, 0) is 19.3 Å². The monoisotopic (exact) mass is 180 g/mol. The molecule has 0 saturated heterocycles. The summed E-state index contributed by atoms with van der Waals surface area (Å²) in [7, 11) is 0. The molecule has 0 aromatic rings. The Kier molecular flexibility index (Phi) is 4.85. The Morgan fingerprint density at radius 2 is 2.15 bits per heavy atom. The summed E-state index contributed by atoms with van der Waals surface area (Å²) in [5.74, 6) is 0. The highest BCUT2D eigenvalue weighted by Gasteiger charge is 2.23. The van der Waals surface area contributed by atoms with E-state index < -0.39 is 0 Å². The predicted molar refractivity (Wildman–Crippen MR) is 54.3 cm³/mol. The summed E-state index contributed by atoms with van der Waals surface area (Å²) in [4.78, 5) is 0. The average molecular weight is 180 g/mol. The molecule has 1 atom stereocenters. The van der Waals surface area contributed by atoms with Crippen LogP contribution in [0.3, 0.4) is 0 Å². The van der Waals surface area contributed by atoms with Gasteiger partial charge in [0.05, 0.1) is 12.1 Å². The number of rotatable bonds is 7. The SMILES string of the molecule is CCCCCCC(C#N)NC1CC1. The van der Waals surface area contributed by atoms with Crippen molar-refractivity contribution in [2.75, 3.05) is 0 Å². The maximum atomic E-state index is 8.85. The third kappa shape index (κ3) is 4.90. The van der Waals surface area contributed by atoms with Crippen LogP contribution in [0.15, 0.2) is 0 Å². The van der Waals surface area contributed by atoms with Gasteiger partial charge in [0, 0.05) is 6.04 Å². The summed E-state index contributed by atoms with van der Waals surface area (Å²) in [6, 6.07) is 3.12. The molecule has 0 aliphatic heterocycles. The molecule has 1 unspecified atom stereocenters. The second-order valence-electron chi connectivity index (χ2n) is 3.97. The van der Waals surface area contributed by atoms with E-state index in [1.807, 2.05) is 0 Å². The summed E-state index contributed by atoms with van der Waals surface area (Å²) in [5, 5.41) is 12.2. The average Bonchev–Trinajstić information content (AvgIpc) is 2.94. The summed E-state index contributed by atoms with van der Waals surface area (Å²) in [6.07, 6.45) is 8.63. The second-order valence-corrected chi connectivity index (χ2v) is 3.97. The Morgan fingerprint density at radius 1 is 1.38 bits per heavy atom. The summed E-state index contributed by atoms with van der Waals surface area (Å²) >= 11 is 0. The van der Waals surface area contributed by atoms with Gasteiger partial charge in [0.1, 0.15) is 0 Å². The molecule has 0 aromatic heterocycles. The van der Waals surface area contributed by atoms with E-state index in [9.17, 15) is 0 Å². The minimum atomic E-state index is 0.115. The molecule has 2 heteroatoms. The van der Waals surface area contributed by atoms with E-state index in [0.717, 1.165) is 6.42 Å². The van der Waals surface area contributed by atoms with Crippen molar-refractivity contribution >= 4 is 0 Å². The maximum Gasteiger partial charge on any atom is 0.0955 e. The standard InChI is InChI=1S/C11H20N2/c1-2-3-4-5-6-11(9-12)13-10-7-8-10/h10-11,13H,2-8H2,1H3. The van der Waals surface area contributed by atoms with E-state index >= 15 is 0 Å². The van der Waals surface area contributed by atoms with Gasteiger partial charge in [0.15, 0.2) is 0 Å². The second kappa shape index (κ2) is 5.99. The van der Waals surface area contributed by atoms with Crippen LogP contribution in [0.2, 0.25) is 0 Å². The summed E-state index contributed by atoms with van der Waals surface area (Å²) in [6.45, 7) is 2.21. The lowest BCUT2D eigenvalue weighted by molar-refractivity contribution is 0.521. The molecule has 1 aliphatic rings. The van der Waals surface area contributed by atoms with Crippen LogP contribution in [0.5, 0.6) is 0 Å². The van der Waals surface area contributed by atoms with Crippen molar-refractivity contribution in [3.63, 3.8) is 0 Å². The zero-order chi connectivity index (χ0) is 9.52. The van der Waals surface area contributed by atoms with Crippen molar-refractivity contribution < 1.29 is 0 Å². The van der Waals surface area contributed by atoms with Crippen LogP contribution in [-0.2, 0) is 0 Å². The predicted octanol–water partition coefficient (Wildman–Crippen LogP) is 2.60. The molecule has 0 radical (unpaired) electrons. The number of hydrogen-bond acceptors (Lipinski definition) is 2. The van der Waals surface area contributed by atoms with Crippen molar-refractivity contribution in [1.29, 1.82) is 5.26 Å². The fourth-order valence-corrected chi connectivity index (χ4v) is 1.49. The molecule has 13 heavy (non-hydrogen) atoms. The first-order valence-corrected chi connectivity index (χ1v) is 5.52. The highest BCUT2D eigenvalue weighted by molar-refractivity contribution is 4.95. The molecule has 74 valence electrons. The zero-order valence-corrected chi connectivity index (χ0v) is 8.55. The molecule has 1 N–H and O–H groups in total. The van der Waals surface area contributed by atoms with E-state index in [2.05, 4.69) is 18.3 Å². The first-order chi connectivity index (χ1) is 6.36. The van der Waals surface area contributed by atoms with Gasteiger partial charge in [-0.2, -0.15) is 5.26 Å². The number of unbranched alkanes of at least 4 members (excludes halogenated alkanes) is 3. The van der Waals surface area contributed by atoms with Crippen molar-refractivity contribution in [3.8, 4) is 6.07 Å². The van der Waals surface area contributed by atoms with Gasteiger partial charge in [-0.3, -0.25) is 5.32 Å². The van der Waals surface area contributed by atoms with Crippen LogP contribution in [0.4, 0.5) is 0 Å². The lowest BCUT2D eigenvalue weighted by Gasteiger charge is -2.09. The first-order valence-electron chi connectivity index (χ1n) is 5.52. The molecule has 1 saturated carbocycles. The quantitative estimate of drug-likeness (QED) is 0.611. The highest BCUT2D eigenvalue weighted by atomic mass is 15.0. The van der Waals surface area contributed by atoms with Gasteiger partial charge >= 0.3 is 0 Å². The van der Waals surface area contributed by atoms with Gasteiger partial charge in [0.2, 0.25) is 0 Å². The zero-order valence-electron chi connectivity index (χ0n) is 8.55. The molecule has 0 spiro atoms. The summed E-state index contributed by atoms with van der Waals surface area (Å²) < 4.78 is 0. The van der Waals surface area contributed by atoms with Crippen molar-refractivity contribution in [2.45, 2.75) is 64.0 Å². The van der Waals surface area contributed by atoms with Crippen LogP contribution >= 0.6 is 0 Å².